The van der Waals surface area contributed by atoms with Crippen LogP contribution in [0.15, 0.2) is 12.2 Å². The van der Waals surface area contributed by atoms with Gasteiger partial charge in [-0.3, -0.25) is 9.59 Å². The lowest BCUT2D eigenvalue weighted by Gasteiger charge is -2.11. The highest BCUT2D eigenvalue weighted by molar-refractivity contribution is 7.99. The van der Waals surface area contributed by atoms with Crippen LogP contribution in [-0.2, 0) is 9.59 Å². The molecule has 2 N–H and O–H groups in total. The smallest absolute Gasteiger partial charge is 0.310 e. The molecule has 0 saturated heterocycles. The van der Waals surface area contributed by atoms with Gasteiger partial charge in [-0.25, -0.2) is 0 Å². The number of rotatable bonds is 4. The van der Waals surface area contributed by atoms with Gasteiger partial charge in [0.15, 0.2) is 0 Å². The van der Waals surface area contributed by atoms with E-state index in [-0.39, 0.29) is 11.9 Å². The van der Waals surface area contributed by atoms with Crippen LogP contribution < -0.4 is 5.32 Å². The van der Waals surface area contributed by atoms with Crippen molar-refractivity contribution in [2.75, 3.05) is 12.0 Å². The van der Waals surface area contributed by atoms with Crippen LogP contribution in [0.3, 0.4) is 0 Å². The van der Waals surface area contributed by atoms with Crippen LogP contribution in [0.1, 0.15) is 6.42 Å². The molecule has 0 aromatic rings. The summed E-state index contributed by atoms with van der Waals surface area (Å²) in [5, 5.41) is 11.5. The van der Waals surface area contributed by atoms with Gasteiger partial charge < -0.3 is 10.4 Å². The Morgan fingerprint density at radius 3 is 2.79 bits per heavy atom. The van der Waals surface area contributed by atoms with Crippen LogP contribution in [0.25, 0.3) is 0 Å². The standard InChI is InChI=1S/C9H13NO3S/c1-14-5-8(11)10-7-3-2-6(4-7)9(12)13/h2-3,6-7H,4-5H2,1H3,(H,10,11)(H,12,13). The average Bonchev–Trinajstić information content (AvgIpc) is 2.53. The molecular formula is C9H13NO3S. The van der Waals surface area contributed by atoms with Gasteiger partial charge in [-0.05, 0) is 12.7 Å². The third-order valence-electron chi connectivity index (χ3n) is 2.02. The summed E-state index contributed by atoms with van der Waals surface area (Å²) >= 11 is 1.45. The maximum Gasteiger partial charge on any atom is 0.310 e. The molecule has 1 amide bonds. The molecule has 2 atom stereocenters. The molecule has 0 aromatic carbocycles. The summed E-state index contributed by atoms with van der Waals surface area (Å²) in [7, 11) is 0. The number of hydrogen-bond donors (Lipinski definition) is 2. The van der Waals surface area contributed by atoms with E-state index in [1.54, 1.807) is 12.2 Å². The fourth-order valence-electron chi connectivity index (χ4n) is 1.37. The van der Waals surface area contributed by atoms with Crippen LogP contribution in [0, 0.1) is 5.92 Å². The van der Waals surface area contributed by atoms with E-state index < -0.39 is 11.9 Å². The van der Waals surface area contributed by atoms with E-state index >= 15 is 0 Å². The number of nitrogens with one attached hydrogen (secondary N) is 1. The second-order valence-corrected chi connectivity index (χ2v) is 4.04. The van der Waals surface area contributed by atoms with Crippen LogP contribution in [0.2, 0.25) is 0 Å². The molecule has 0 aliphatic heterocycles. The number of thioether (sulfide) groups is 1. The van der Waals surface area contributed by atoms with Crippen molar-refractivity contribution in [3.8, 4) is 0 Å². The number of carboxylic acid groups (broad SMARTS) is 1. The van der Waals surface area contributed by atoms with Crippen molar-refractivity contribution >= 4 is 23.6 Å². The Morgan fingerprint density at radius 2 is 2.29 bits per heavy atom. The highest BCUT2D eigenvalue weighted by Crippen LogP contribution is 2.17. The number of carbonyl (C=O) groups is 2. The van der Waals surface area contributed by atoms with Crippen LogP contribution in [0.4, 0.5) is 0 Å². The lowest BCUT2D eigenvalue weighted by atomic mass is 10.1. The van der Waals surface area contributed by atoms with Gasteiger partial charge >= 0.3 is 5.97 Å². The second-order valence-electron chi connectivity index (χ2n) is 3.17. The summed E-state index contributed by atoms with van der Waals surface area (Å²) in [5.74, 6) is -0.905. The first-order chi connectivity index (χ1) is 6.63. The third-order valence-corrected chi connectivity index (χ3v) is 2.57. The lowest BCUT2D eigenvalue weighted by molar-refractivity contribution is -0.140. The van der Waals surface area contributed by atoms with E-state index in [9.17, 15) is 9.59 Å². The molecule has 0 fully saturated rings. The predicted molar refractivity (Wildman–Crippen MR) is 55.2 cm³/mol. The van der Waals surface area contributed by atoms with E-state index in [4.69, 9.17) is 5.11 Å². The molecule has 14 heavy (non-hydrogen) atoms. The molecule has 78 valence electrons. The Morgan fingerprint density at radius 1 is 1.57 bits per heavy atom. The van der Waals surface area contributed by atoms with E-state index in [1.165, 1.54) is 11.8 Å². The first-order valence-electron chi connectivity index (χ1n) is 4.33. The molecule has 0 radical (unpaired) electrons. The minimum Gasteiger partial charge on any atom is -0.481 e. The quantitative estimate of drug-likeness (QED) is 0.670. The predicted octanol–water partition coefficient (Wildman–Crippen LogP) is 0.495. The molecule has 1 aliphatic carbocycles. The summed E-state index contributed by atoms with van der Waals surface area (Å²) in [5.41, 5.74) is 0. The first-order valence-corrected chi connectivity index (χ1v) is 5.72. The van der Waals surface area contributed by atoms with E-state index in [0.717, 1.165) is 0 Å². The Bertz CT molecular complexity index is 265. The zero-order chi connectivity index (χ0) is 10.6. The van der Waals surface area contributed by atoms with Crippen molar-refractivity contribution in [2.45, 2.75) is 12.5 Å². The van der Waals surface area contributed by atoms with Gasteiger partial charge in [0.2, 0.25) is 5.91 Å². The summed E-state index contributed by atoms with van der Waals surface area (Å²) in [4.78, 5) is 21.8. The van der Waals surface area contributed by atoms with Gasteiger partial charge in [-0.2, -0.15) is 11.8 Å². The van der Waals surface area contributed by atoms with Crippen molar-refractivity contribution < 1.29 is 14.7 Å². The maximum absolute atomic E-state index is 11.2. The van der Waals surface area contributed by atoms with Gasteiger partial charge in [0.25, 0.3) is 0 Å². The van der Waals surface area contributed by atoms with Crippen LogP contribution in [-0.4, -0.2) is 35.0 Å². The lowest BCUT2D eigenvalue weighted by Crippen LogP contribution is -2.34. The number of hydrogen-bond acceptors (Lipinski definition) is 3. The minimum absolute atomic E-state index is 0.0433. The largest absolute Gasteiger partial charge is 0.481 e. The molecule has 0 saturated carbocycles. The van der Waals surface area contributed by atoms with E-state index in [2.05, 4.69) is 5.32 Å². The molecule has 4 nitrogen and oxygen atoms in total. The summed E-state index contributed by atoms with van der Waals surface area (Å²) in [6.45, 7) is 0. The van der Waals surface area contributed by atoms with Gasteiger partial charge in [-0.15, -0.1) is 0 Å². The SMILES string of the molecule is CSCC(=O)NC1C=CC(C(=O)O)C1. The van der Waals surface area contributed by atoms with Gasteiger partial charge in [0, 0.05) is 6.04 Å². The molecule has 1 aliphatic rings. The van der Waals surface area contributed by atoms with E-state index in [0.29, 0.717) is 12.2 Å². The summed E-state index contributed by atoms with van der Waals surface area (Å²) < 4.78 is 0. The fourth-order valence-corrected chi connectivity index (χ4v) is 1.71. The summed E-state index contributed by atoms with van der Waals surface area (Å²) in [6.07, 6.45) is 5.70. The Kier molecular flexibility index (Phi) is 4.00. The normalized spacial score (nSPS) is 24.9. The van der Waals surface area contributed by atoms with Gasteiger partial charge in [0.1, 0.15) is 0 Å². The van der Waals surface area contributed by atoms with Crippen LogP contribution in [0.5, 0.6) is 0 Å². The molecular weight excluding hydrogens is 202 g/mol. The summed E-state index contributed by atoms with van der Waals surface area (Å²) in [6, 6.07) is -0.115. The van der Waals surface area contributed by atoms with Crippen molar-refractivity contribution in [3.63, 3.8) is 0 Å². The average molecular weight is 215 g/mol. The monoisotopic (exact) mass is 215 g/mol. The maximum atomic E-state index is 11.2. The molecule has 0 spiro atoms. The van der Waals surface area contributed by atoms with Gasteiger partial charge in [0.05, 0.1) is 11.7 Å². The van der Waals surface area contributed by atoms with E-state index in [1.807, 2.05) is 6.26 Å². The minimum atomic E-state index is -0.831. The first kappa shape index (κ1) is 11.1. The zero-order valence-corrected chi connectivity index (χ0v) is 8.71. The topological polar surface area (TPSA) is 66.4 Å². The van der Waals surface area contributed by atoms with Crippen molar-refractivity contribution in [3.05, 3.63) is 12.2 Å². The number of carbonyl (C=O) groups excluding carboxylic acids is 1. The molecule has 0 aromatic heterocycles. The molecule has 0 heterocycles. The highest BCUT2D eigenvalue weighted by Gasteiger charge is 2.24. The zero-order valence-electron chi connectivity index (χ0n) is 7.90. The van der Waals surface area contributed by atoms with Crippen LogP contribution >= 0.6 is 11.8 Å². The Hall–Kier alpha value is -0.970. The molecule has 2 unspecified atom stereocenters. The van der Waals surface area contributed by atoms with Crippen molar-refractivity contribution in [1.29, 1.82) is 0 Å². The Labute approximate surface area is 86.8 Å². The number of carboxylic acids is 1. The van der Waals surface area contributed by atoms with Crippen molar-refractivity contribution in [2.24, 2.45) is 5.92 Å². The highest BCUT2D eigenvalue weighted by atomic mass is 32.2. The second kappa shape index (κ2) is 5.05. The fraction of sp³-hybridized carbons (Fsp3) is 0.556. The molecule has 5 heteroatoms. The Balaban J connectivity index is 2.33. The number of aliphatic carboxylic acids is 1. The van der Waals surface area contributed by atoms with Crippen molar-refractivity contribution in [1.82, 2.24) is 5.32 Å². The number of amides is 1. The third kappa shape index (κ3) is 3.06. The molecule has 1 rings (SSSR count). The van der Waals surface area contributed by atoms with Gasteiger partial charge in [-0.1, -0.05) is 12.2 Å². The molecule has 0 bridgehead atoms.